The van der Waals surface area contributed by atoms with Crippen molar-refractivity contribution in [3.8, 4) is 12.1 Å². The fourth-order valence-electron chi connectivity index (χ4n) is 3.76. The van der Waals surface area contributed by atoms with Crippen LogP contribution in [0, 0.1) is 34.5 Å². The minimum Gasteiger partial charge on any atom is -0.396 e. The summed E-state index contributed by atoms with van der Waals surface area (Å²) in [6.45, 7) is 0.0710. The van der Waals surface area contributed by atoms with Crippen LogP contribution in [0.1, 0.15) is 24.0 Å². The van der Waals surface area contributed by atoms with Gasteiger partial charge in [-0.2, -0.15) is 10.5 Å². The minimum absolute atomic E-state index is 0.0275. The molecule has 2 saturated carbocycles. The number of nitrogens with zero attached hydrogens (tertiary/aromatic N) is 2. The summed E-state index contributed by atoms with van der Waals surface area (Å²) in [5.74, 6) is 0.0551. The number of hydrogen-bond donors (Lipinski definition) is 2. The van der Waals surface area contributed by atoms with Gasteiger partial charge in [0.25, 0.3) is 0 Å². The van der Waals surface area contributed by atoms with Gasteiger partial charge >= 0.3 is 0 Å². The molecule has 2 aromatic carbocycles. The Kier molecular flexibility index (Phi) is 6.90. The second-order valence-electron chi connectivity index (χ2n) is 7.59. The molecule has 2 fully saturated rings. The maximum atomic E-state index is 9.13. The molecule has 0 radical (unpaired) electrons. The van der Waals surface area contributed by atoms with Gasteiger partial charge in [0.2, 0.25) is 0 Å². The highest BCUT2D eigenvalue weighted by Crippen LogP contribution is 2.55. The van der Waals surface area contributed by atoms with Crippen molar-refractivity contribution in [2.75, 3.05) is 13.2 Å². The van der Waals surface area contributed by atoms with Crippen LogP contribution in [0.25, 0.3) is 0 Å². The van der Waals surface area contributed by atoms with Gasteiger partial charge in [0.05, 0.1) is 43.1 Å². The van der Waals surface area contributed by atoms with Crippen LogP contribution < -0.4 is 0 Å². The Bertz CT molecular complexity index is 965. The second-order valence-corrected chi connectivity index (χ2v) is 9.22. The summed E-state index contributed by atoms with van der Waals surface area (Å²) in [4.78, 5) is 0. The third-order valence-corrected chi connectivity index (χ3v) is 7.40. The molecular weight excluding hydrogens is 466 g/mol. The van der Waals surface area contributed by atoms with Gasteiger partial charge in [-0.15, -0.1) is 0 Å². The van der Waals surface area contributed by atoms with E-state index < -0.39 is 10.8 Å². The molecule has 8 heteroatoms. The predicted molar refractivity (Wildman–Crippen MR) is 118 cm³/mol. The molecule has 0 spiro atoms. The molecule has 0 aromatic heterocycles. The molecule has 0 bridgehead atoms. The SMILES string of the molecule is N#C[C@@]1(c2ccc(Cl)c(Cl)c2)C[C@H]1CO.N#C[C@]1(c2ccc(Cl)c(Cl)c2)C[C@H]1CO. The van der Waals surface area contributed by atoms with E-state index in [0.717, 1.165) is 11.1 Å². The molecular formula is C22H18Cl4N2O2. The van der Waals surface area contributed by atoms with E-state index in [1.807, 2.05) is 0 Å². The quantitative estimate of drug-likeness (QED) is 0.597. The minimum atomic E-state index is -0.553. The van der Waals surface area contributed by atoms with Gasteiger partial charge in [0, 0.05) is 25.0 Å². The first-order chi connectivity index (χ1) is 14.3. The zero-order valence-electron chi connectivity index (χ0n) is 15.7. The summed E-state index contributed by atoms with van der Waals surface area (Å²) < 4.78 is 0. The van der Waals surface area contributed by atoms with Crippen LogP contribution in [0.4, 0.5) is 0 Å². The highest BCUT2D eigenvalue weighted by Gasteiger charge is 2.56. The first-order valence-electron chi connectivity index (χ1n) is 9.23. The third-order valence-electron chi connectivity index (χ3n) is 5.92. The lowest BCUT2D eigenvalue weighted by molar-refractivity contribution is 0.269. The topological polar surface area (TPSA) is 88.0 Å². The molecule has 0 unspecified atom stereocenters. The van der Waals surface area contributed by atoms with Gasteiger partial charge in [0.1, 0.15) is 0 Å². The van der Waals surface area contributed by atoms with Gasteiger partial charge in [-0.05, 0) is 48.2 Å². The normalized spacial score (nSPS) is 28.5. The van der Waals surface area contributed by atoms with E-state index in [1.54, 1.807) is 36.4 Å². The summed E-state index contributed by atoms with van der Waals surface area (Å²) >= 11 is 23.4. The Hall–Kier alpha value is -1.50. The fraction of sp³-hybridized carbons (Fsp3) is 0.364. The van der Waals surface area contributed by atoms with Crippen molar-refractivity contribution in [3.63, 3.8) is 0 Å². The number of aliphatic hydroxyl groups is 2. The van der Waals surface area contributed by atoms with E-state index in [2.05, 4.69) is 12.1 Å². The van der Waals surface area contributed by atoms with Crippen molar-refractivity contribution >= 4 is 46.4 Å². The first-order valence-corrected chi connectivity index (χ1v) is 10.7. The summed E-state index contributed by atoms with van der Waals surface area (Å²) in [6.07, 6.45) is 1.38. The smallest absolute Gasteiger partial charge is 0.0877 e. The van der Waals surface area contributed by atoms with Crippen LogP contribution in [-0.2, 0) is 10.8 Å². The van der Waals surface area contributed by atoms with Gasteiger partial charge < -0.3 is 10.2 Å². The molecule has 2 N–H and O–H groups in total. The van der Waals surface area contributed by atoms with Crippen molar-refractivity contribution < 1.29 is 10.2 Å². The summed E-state index contributed by atoms with van der Waals surface area (Å²) in [6, 6.07) is 14.9. The fourth-order valence-corrected chi connectivity index (χ4v) is 4.35. The molecule has 2 aromatic rings. The molecule has 0 heterocycles. The van der Waals surface area contributed by atoms with Gasteiger partial charge in [-0.25, -0.2) is 0 Å². The molecule has 2 aliphatic carbocycles. The summed E-state index contributed by atoms with van der Waals surface area (Å²) in [5, 5.41) is 38.2. The number of benzene rings is 2. The molecule has 0 amide bonds. The monoisotopic (exact) mass is 482 g/mol. The average Bonchev–Trinajstić information content (AvgIpc) is 3.65. The maximum absolute atomic E-state index is 9.13. The molecule has 2 aliphatic rings. The molecule has 0 aliphatic heterocycles. The Balaban J connectivity index is 0.000000171. The third kappa shape index (κ3) is 4.14. The standard InChI is InChI=1S/2C11H9Cl2NO/c2*12-9-2-1-7(3-10(9)13)11(6-14)4-8(11)5-15/h2*1-3,8,15H,4-5H2/t8-,11+;8-,11-/m00/s1. The summed E-state index contributed by atoms with van der Waals surface area (Å²) in [5.41, 5.74) is 0.586. The largest absolute Gasteiger partial charge is 0.396 e. The Morgan fingerprint density at radius 2 is 1.10 bits per heavy atom. The zero-order valence-corrected chi connectivity index (χ0v) is 18.8. The Morgan fingerprint density at radius 3 is 1.33 bits per heavy atom. The second kappa shape index (κ2) is 8.93. The number of nitriles is 2. The Labute approximate surface area is 195 Å². The van der Waals surface area contributed by atoms with Gasteiger partial charge in [-0.1, -0.05) is 58.5 Å². The van der Waals surface area contributed by atoms with E-state index in [9.17, 15) is 0 Å². The van der Waals surface area contributed by atoms with Crippen molar-refractivity contribution in [2.24, 2.45) is 11.8 Å². The van der Waals surface area contributed by atoms with Crippen LogP contribution in [0.3, 0.4) is 0 Å². The van der Waals surface area contributed by atoms with Crippen LogP contribution in [0.5, 0.6) is 0 Å². The first kappa shape index (κ1) is 23.2. The van der Waals surface area contributed by atoms with Crippen molar-refractivity contribution in [3.05, 3.63) is 67.6 Å². The lowest BCUT2D eigenvalue weighted by atomic mass is 9.95. The highest BCUT2D eigenvalue weighted by atomic mass is 35.5. The lowest BCUT2D eigenvalue weighted by Crippen LogP contribution is -2.09. The van der Waals surface area contributed by atoms with Crippen LogP contribution in [0.2, 0.25) is 20.1 Å². The Morgan fingerprint density at radius 1 is 0.733 bits per heavy atom. The van der Waals surface area contributed by atoms with Crippen LogP contribution >= 0.6 is 46.4 Å². The van der Waals surface area contributed by atoms with E-state index in [0.29, 0.717) is 32.9 Å². The average molecular weight is 484 g/mol. The van der Waals surface area contributed by atoms with E-state index in [4.69, 9.17) is 67.1 Å². The van der Waals surface area contributed by atoms with E-state index >= 15 is 0 Å². The number of halogens is 4. The number of hydrogen-bond acceptors (Lipinski definition) is 4. The van der Waals surface area contributed by atoms with Gasteiger partial charge in [-0.3, -0.25) is 0 Å². The van der Waals surface area contributed by atoms with E-state index in [-0.39, 0.29) is 25.0 Å². The molecule has 0 saturated heterocycles. The number of aliphatic hydroxyl groups excluding tert-OH is 2. The molecule has 4 nitrogen and oxygen atoms in total. The van der Waals surface area contributed by atoms with Crippen molar-refractivity contribution in [1.29, 1.82) is 10.5 Å². The predicted octanol–water partition coefficient (Wildman–Crippen LogP) is 5.53. The lowest BCUT2D eigenvalue weighted by Gasteiger charge is -2.09. The molecule has 4 atom stereocenters. The van der Waals surface area contributed by atoms with Crippen LogP contribution in [-0.4, -0.2) is 23.4 Å². The van der Waals surface area contributed by atoms with Crippen molar-refractivity contribution in [2.45, 2.75) is 23.7 Å². The maximum Gasteiger partial charge on any atom is 0.0877 e. The summed E-state index contributed by atoms with van der Waals surface area (Å²) in [7, 11) is 0. The molecule has 4 rings (SSSR count). The molecule has 156 valence electrons. The number of rotatable bonds is 4. The van der Waals surface area contributed by atoms with Gasteiger partial charge in [0.15, 0.2) is 0 Å². The molecule has 30 heavy (non-hydrogen) atoms. The van der Waals surface area contributed by atoms with Crippen molar-refractivity contribution in [1.82, 2.24) is 0 Å². The highest BCUT2D eigenvalue weighted by molar-refractivity contribution is 6.42. The zero-order chi connectivity index (χ0) is 22.1. The van der Waals surface area contributed by atoms with E-state index in [1.165, 1.54) is 0 Å². The van der Waals surface area contributed by atoms with Crippen LogP contribution in [0.15, 0.2) is 36.4 Å².